The van der Waals surface area contributed by atoms with Crippen molar-refractivity contribution < 1.29 is 4.79 Å². The van der Waals surface area contributed by atoms with E-state index in [1.807, 2.05) is 24.3 Å². The highest BCUT2D eigenvalue weighted by Gasteiger charge is 2.16. The Morgan fingerprint density at radius 1 is 1.00 bits per heavy atom. The summed E-state index contributed by atoms with van der Waals surface area (Å²) in [6, 6.07) is 12.8. The topological polar surface area (TPSA) is 35.6 Å². The molecule has 4 nitrogen and oxygen atoms in total. The lowest BCUT2D eigenvalue weighted by Gasteiger charge is -2.35. The number of piperazine rings is 1. The van der Waals surface area contributed by atoms with Gasteiger partial charge < -0.3 is 15.1 Å². The fourth-order valence-electron chi connectivity index (χ4n) is 2.92. The number of rotatable bonds is 4. The van der Waals surface area contributed by atoms with E-state index >= 15 is 0 Å². The van der Waals surface area contributed by atoms with E-state index in [1.165, 1.54) is 5.69 Å². The maximum absolute atomic E-state index is 12.3. The molecule has 0 saturated carbocycles. The summed E-state index contributed by atoms with van der Waals surface area (Å²) in [6.45, 7) is 7.54. The third-order valence-electron chi connectivity index (χ3n) is 4.49. The molecule has 0 spiro atoms. The minimum atomic E-state index is -0.206. The first-order valence-corrected chi connectivity index (χ1v) is 9.16. The van der Waals surface area contributed by atoms with Crippen molar-refractivity contribution in [2.75, 3.05) is 42.9 Å². The van der Waals surface area contributed by atoms with Crippen LogP contribution in [0.25, 0.3) is 0 Å². The molecule has 1 amide bonds. The lowest BCUT2D eigenvalue weighted by atomic mass is 10.2. The third kappa shape index (κ3) is 4.46. The summed E-state index contributed by atoms with van der Waals surface area (Å²) in [7, 11) is 0. The summed E-state index contributed by atoms with van der Waals surface area (Å²) >= 11 is 11.9. The number of carbonyl (C=O) groups is 1. The number of hydrogen-bond acceptors (Lipinski definition) is 3. The first-order chi connectivity index (χ1) is 12.1. The number of likely N-dealkylation sites (N-methyl/N-ethyl adjacent to an activating group) is 1. The zero-order valence-corrected chi connectivity index (χ0v) is 15.6. The number of nitrogens with one attached hydrogen (secondary N) is 1. The molecule has 2 aromatic carbocycles. The van der Waals surface area contributed by atoms with E-state index in [4.69, 9.17) is 23.2 Å². The van der Waals surface area contributed by atoms with Crippen molar-refractivity contribution >= 4 is 40.5 Å². The largest absolute Gasteiger partial charge is 0.369 e. The molecular formula is C19H21Cl2N3O. The summed E-state index contributed by atoms with van der Waals surface area (Å²) < 4.78 is 0. The number of benzene rings is 2. The van der Waals surface area contributed by atoms with Crippen molar-refractivity contribution in [3.8, 4) is 0 Å². The zero-order valence-electron chi connectivity index (χ0n) is 14.1. The number of hydrogen-bond donors (Lipinski definition) is 1. The second-order valence-electron chi connectivity index (χ2n) is 6.05. The Balaban J connectivity index is 1.62. The Morgan fingerprint density at radius 3 is 2.28 bits per heavy atom. The standard InChI is InChI=1S/C19H21Cl2N3O/c1-2-23-9-11-24(12-10-23)16-6-4-15(5-7-16)22-19(25)14-3-8-17(20)18(21)13-14/h3-8,13H,2,9-12H2,1H3,(H,22,25). The number of nitrogens with zero attached hydrogens (tertiary/aromatic N) is 2. The van der Waals surface area contributed by atoms with Crippen LogP contribution in [0.15, 0.2) is 42.5 Å². The van der Waals surface area contributed by atoms with Gasteiger partial charge in [-0.25, -0.2) is 0 Å². The molecule has 132 valence electrons. The molecule has 1 aliphatic rings. The average Bonchev–Trinajstić information content (AvgIpc) is 2.64. The number of halogens is 2. The molecule has 1 heterocycles. The molecule has 1 saturated heterocycles. The fourth-order valence-corrected chi connectivity index (χ4v) is 3.22. The van der Waals surface area contributed by atoms with Gasteiger partial charge in [0.2, 0.25) is 0 Å². The van der Waals surface area contributed by atoms with E-state index in [2.05, 4.69) is 22.0 Å². The van der Waals surface area contributed by atoms with Gasteiger partial charge in [0.15, 0.2) is 0 Å². The summed E-state index contributed by atoms with van der Waals surface area (Å²) in [6.07, 6.45) is 0. The molecule has 0 radical (unpaired) electrons. The first kappa shape index (κ1) is 18.1. The smallest absolute Gasteiger partial charge is 0.255 e. The van der Waals surface area contributed by atoms with E-state index in [9.17, 15) is 4.79 Å². The van der Waals surface area contributed by atoms with Crippen molar-refractivity contribution in [1.29, 1.82) is 0 Å². The Kier molecular flexibility index (Phi) is 5.84. The van der Waals surface area contributed by atoms with Crippen LogP contribution in [0.3, 0.4) is 0 Å². The molecule has 1 aliphatic heterocycles. The Bertz CT molecular complexity index is 741. The average molecular weight is 378 g/mol. The third-order valence-corrected chi connectivity index (χ3v) is 5.23. The van der Waals surface area contributed by atoms with E-state index < -0.39 is 0 Å². The highest BCUT2D eigenvalue weighted by Crippen LogP contribution is 2.24. The van der Waals surface area contributed by atoms with E-state index in [0.717, 1.165) is 38.4 Å². The van der Waals surface area contributed by atoms with Crippen LogP contribution < -0.4 is 10.2 Å². The van der Waals surface area contributed by atoms with Crippen LogP contribution in [0.4, 0.5) is 11.4 Å². The number of amides is 1. The van der Waals surface area contributed by atoms with Gasteiger partial charge in [0, 0.05) is 43.1 Å². The number of carbonyl (C=O) groups excluding carboxylic acids is 1. The van der Waals surface area contributed by atoms with Crippen molar-refractivity contribution in [3.05, 3.63) is 58.1 Å². The zero-order chi connectivity index (χ0) is 17.8. The Labute approximate surface area is 158 Å². The van der Waals surface area contributed by atoms with Gasteiger partial charge in [-0.3, -0.25) is 4.79 Å². The van der Waals surface area contributed by atoms with Gasteiger partial charge >= 0.3 is 0 Å². The van der Waals surface area contributed by atoms with Crippen LogP contribution in [0, 0.1) is 0 Å². The van der Waals surface area contributed by atoms with Crippen LogP contribution in [0.5, 0.6) is 0 Å². The summed E-state index contributed by atoms with van der Waals surface area (Å²) in [5.74, 6) is -0.206. The van der Waals surface area contributed by atoms with Crippen molar-refractivity contribution in [2.24, 2.45) is 0 Å². The molecule has 0 aliphatic carbocycles. The fraction of sp³-hybridized carbons (Fsp3) is 0.316. The second-order valence-corrected chi connectivity index (χ2v) is 6.87. The van der Waals surface area contributed by atoms with Gasteiger partial charge in [-0.15, -0.1) is 0 Å². The molecule has 0 bridgehead atoms. The van der Waals surface area contributed by atoms with Crippen LogP contribution in [-0.2, 0) is 0 Å². The van der Waals surface area contributed by atoms with Crippen LogP contribution >= 0.6 is 23.2 Å². The lowest BCUT2D eigenvalue weighted by Crippen LogP contribution is -2.46. The molecule has 3 rings (SSSR count). The predicted octanol–water partition coefficient (Wildman–Crippen LogP) is 4.39. The molecule has 2 aromatic rings. The van der Waals surface area contributed by atoms with Crippen LogP contribution in [-0.4, -0.2) is 43.5 Å². The SMILES string of the molecule is CCN1CCN(c2ccc(NC(=O)c3ccc(Cl)c(Cl)c3)cc2)CC1. The number of anilines is 2. The van der Waals surface area contributed by atoms with Gasteiger partial charge in [-0.2, -0.15) is 0 Å². The van der Waals surface area contributed by atoms with Crippen molar-refractivity contribution in [1.82, 2.24) is 4.90 Å². The van der Waals surface area contributed by atoms with E-state index in [1.54, 1.807) is 18.2 Å². The van der Waals surface area contributed by atoms with Crippen LogP contribution in [0.1, 0.15) is 17.3 Å². The first-order valence-electron chi connectivity index (χ1n) is 8.40. The molecule has 1 fully saturated rings. The quantitative estimate of drug-likeness (QED) is 0.857. The minimum absolute atomic E-state index is 0.206. The van der Waals surface area contributed by atoms with Crippen molar-refractivity contribution in [2.45, 2.75) is 6.92 Å². The molecule has 0 aromatic heterocycles. The summed E-state index contributed by atoms with van der Waals surface area (Å²) in [5, 5.41) is 3.69. The minimum Gasteiger partial charge on any atom is -0.369 e. The molecule has 6 heteroatoms. The van der Waals surface area contributed by atoms with Crippen molar-refractivity contribution in [3.63, 3.8) is 0 Å². The summed E-state index contributed by atoms with van der Waals surface area (Å²) in [4.78, 5) is 17.1. The highest BCUT2D eigenvalue weighted by molar-refractivity contribution is 6.42. The molecule has 25 heavy (non-hydrogen) atoms. The summed E-state index contributed by atoms with van der Waals surface area (Å²) in [5.41, 5.74) is 2.42. The van der Waals surface area contributed by atoms with E-state index in [0.29, 0.717) is 15.6 Å². The Morgan fingerprint density at radius 2 is 1.68 bits per heavy atom. The second kappa shape index (κ2) is 8.09. The maximum atomic E-state index is 12.3. The van der Waals surface area contributed by atoms with Gasteiger partial charge in [-0.1, -0.05) is 30.1 Å². The molecule has 0 unspecified atom stereocenters. The van der Waals surface area contributed by atoms with Gasteiger partial charge in [0.05, 0.1) is 10.0 Å². The monoisotopic (exact) mass is 377 g/mol. The highest BCUT2D eigenvalue weighted by atomic mass is 35.5. The van der Waals surface area contributed by atoms with Gasteiger partial charge in [0.25, 0.3) is 5.91 Å². The van der Waals surface area contributed by atoms with Gasteiger partial charge in [0.1, 0.15) is 0 Å². The lowest BCUT2D eigenvalue weighted by molar-refractivity contribution is 0.102. The predicted molar refractivity (Wildman–Crippen MR) is 105 cm³/mol. The molecule has 1 N–H and O–H groups in total. The van der Waals surface area contributed by atoms with E-state index in [-0.39, 0.29) is 5.91 Å². The molecular weight excluding hydrogens is 357 g/mol. The Hall–Kier alpha value is -1.75. The molecule has 0 atom stereocenters. The maximum Gasteiger partial charge on any atom is 0.255 e. The van der Waals surface area contributed by atoms with Gasteiger partial charge in [-0.05, 0) is 49.0 Å². The normalized spacial score (nSPS) is 15.2. The van der Waals surface area contributed by atoms with Crippen LogP contribution in [0.2, 0.25) is 10.0 Å².